The highest BCUT2D eigenvalue weighted by molar-refractivity contribution is 9.10. The summed E-state index contributed by atoms with van der Waals surface area (Å²) >= 11 is 5.12. The van der Waals surface area contributed by atoms with Crippen LogP contribution < -0.4 is 0 Å². The van der Waals surface area contributed by atoms with Crippen molar-refractivity contribution >= 4 is 33.7 Å². The van der Waals surface area contributed by atoms with Gasteiger partial charge in [-0.15, -0.1) is 11.8 Å². The van der Waals surface area contributed by atoms with Crippen molar-refractivity contribution in [3.05, 3.63) is 64.6 Å². The van der Waals surface area contributed by atoms with Gasteiger partial charge >= 0.3 is 5.97 Å². The number of halogens is 1. The van der Waals surface area contributed by atoms with Crippen LogP contribution in [-0.4, -0.2) is 16.8 Å². The zero-order chi connectivity index (χ0) is 14.4. The van der Waals surface area contributed by atoms with E-state index in [2.05, 4.69) is 15.9 Å². The van der Waals surface area contributed by atoms with Gasteiger partial charge in [-0.25, -0.2) is 0 Å². The molecule has 0 saturated heterocycles. The van der Waals surface area contributed by atoms with E-state index in [1.54, 1.807) is 11.8 Å². The lowest BCUT2D eigenvalue weighted by Gasteiger charge is -2.14. The quantitative estimate of drug-likeness (QED) is 0.760. The Labute approximate surface area is 131 Å². The number of carboxylic acid groups (broad SMARTS) is 1. The average molecular weight is 351 g/mol. The Balaban J connectivity index is 2.01. The minimum Gasteiger partial charge on any atom is -0.481 e. The van der Waals surface area contributed by atoms with Gasteiger partial charge in [-0.3, -0.25) is 4.79 Å². The lowest BCUT2D eigenvalue weighted by atomic mass is 9.97. The van der Waals surface area contributed by atoms with Gasteiger partial charge in [0.15, 0.2) is 0 Å². The third-order valence-corrected chi connectivity index (χ3v) is 4.76. The molecule has 2 aromatic carbocycles. The van der Waals surface area contributed by atoms with E-state index in [1.807, 2.05) is 54.6 Å². The summed E-state index contributed by atoms with van der Waals surface area (Å²) in [5.74, 6) is -0.463. The molecule has 0 spiro atoms. The minimum atomic E-state index is -0.773. The number of hydrogen-bond donors (Lipinski definition) is 1. The zero-order valence-electron chi connectivity index (χ0n) is 10.8. The maximum atomic E-state index is 11.5. The van der Waals surface area contributed by atoms with Crippen molar-refractivity contribution in [1.82, 2.24) is 0 Å². The van der Waals surface area contributed by atoms with Crippen LogP contribution in [0.5, 0.6) is 0 Å². The van der Waals surface area contributed by atoms with Gasteiger partial charge in [-0.05, 0) is 35.9 Å². The first-order chi connectivity index (χ1) is 9.68. The average Bonchev–Trinajstić information content (AvgIpc) is 2.45. The maximum Gasteiger partial charge on any atom is 0.311 e. The van der Waals surface area contributed by atoms with Crippen LogP contribution in [0.3, 0.4) is 0 Å². The Kier molecular flexibility index (Phi) is 5.68. The second-order valence-corrected chi connectivity index (χ2v) is 6.39. The molecule has 0 fully saturated rings. The SMILES string of the molecule is O=C(O)C(CCSc1ccccc1)c1ccccc1Br. The van der Waals surface area contributed by atoms with Gasteiger partial charge in [0, 0.05) is 9.37 Å². The summed E-state index contributed by atoms with van der Waals surface area (Å²) in [4.78, 5) is 12.6. The second-order valence-electron chi connectivity index (χ2n) is 4.36. The number of rotatable bonds is 6. The van der Waals surface area contributed by atoms with Gasteiger partial charge in [-0.1, -0.05) is 52.3 Å². The number of hydrogen-bond acceptors (Lipinski definition) is 2. The van der Waals surface area contributed by atoms with Crippen LogP contribution in [-0.2, 0) is 4.79 Å². The predicted molar refractivity (Wildman–Crippen MR) is 86.3 cm³/mol. The number of carboxylic acids is 1. The summed E-state index contributed by atoms with van der Waals surface area (Å²) in [6.45, 7) is 0. The molecule has 2 aromatic rings. The minimum absolute atomic E-state index is 0.471. The molecule has 0 aliphatic rings. The van der Waals surface area contributed by atoms with Crippen molar-refractivity contribution in [3.8, 4) is 0 Å². The van der Waals surface area contributed by atoms with Crippen molar-refractivity contribution in [2.45, 2.75) is 17.2 Å². The first-order valence-electron chi connectivity index (χ1n) is 6.33. The van der Waals surface area contributed by atoms with Crippen molar-refractivity contribution in [2.24, 2.45) is 0 Å². The summed E-state index contributed by atoms with van der Waals surface area (Å²) in [6, 6.07) is 17.6. The summed E-state index contributed by atoms with van der Waals surface area (Å²) in [7, 11) is 0. The highest BCUT2D eigenvalue weighted by atomic mass is 79.9. The predicted octanol–water partition coefficient (Wildman–Crippen LogP) is 4.80. The lowest BCUT2D eigenvalue weighted by molar-refractivity contribution is -0.138. The van der Waals surface area contributed by atoms with Crippen molar-refractivity contribution in [1.29, 1.82) is 0 Å². The highest BCUT2D eigenvalue weighted by Gasteiger charge is 2.21. The molecular formula is C16H15BrO2S. The molecule has 0 heterocycles. The molecule has 0 aliphatic carbocycles. The smallest absolute Gasteiger partial charge is 0.311 e. The molecule has 1 atom stereocenters. The van der Waals surface area contributed by atoms with Crippen molar-refractivity contribution < 1.29 is 9.90 Å². The van der Waals surface area contributed by atoms with Gasteiger partial charge in [-0.2, -0.15) is 0 Å². The van der Waals surface area contributed by atoms with Crippen molar-refractivity contribution in [2.75, 3.05) is 5.75 Å². The van der Waals surface area contributed by atoms with E-state index in [-0.39, 0.29) is 0 Å². The monoisotopic (exact) mass is 350 g/mol. The fraction of sp³-hybridized carbons (Fsp3) is 0.188. The molecule has 0 amide bonds. The molecule has 0 saturated carbocycles. The normalized spacial score (nSPS) is 12.1. The Bertz CT molecular complexity index is 572. The highest BCUT2D eigenvalue weighted by Crippen LogP contribution is 2.30. The summed E-state index contributed by atoms with van der Waals surface area (Å²) in [5.41, 5.74) is 0.841. The van der Waals surface area contributed by atoms with E-state index in [0.717, 1.165) is 15.8 Å². The third-order valence-electron chi connectivity index (χ3n) is 3.00. The van der Waals surface area contributed by atoms with Crippen LogP contribution in [0.4, 0.5) is 0 Å². The van der Waals surface area contributed by atoms with Crippen LogP contribution >= 0.6 is 27.7 Å². The summed E-state index contributed by atoms with van der Waals surface area (Å²) in [6.07, 6.45) is 0.609. The summed E-state index contributed by atoms with van der Waals surface area (Å²) in [5, 5.41) is 9.42. The van der Waals surface area contributed by atoms with E-state index in [9.17, 15) is 9.90 Å². The van der Waals surface area contributed by atoms with Gasteiger partial charge in [0.25, 0.3) is 0 Å². The molecule has 1 unspecified atom stereocenters. The molecule has 4 heteroatoms. The number of carbonyl (C=O) groups is 1. The molecule has 1 N–H and O–H groups in total. The van der Waals surface area contributed by atoms with Crippen LogP contribution in [0.1, 0.15) is 17.9 Å². The van der Waals surface area contributed by atoms with E-state index >= 15 is 0 Å². The Morgan fingerprint density at radius 1 is 1.10 bits per heavy atom. The molecule has 2 rings (SSSR count). The molecule has 104 valence electrons. The first-order valence-corrected chi connectivity index (χ1v) is 8.11. The van der Waals surface area contributed by atoms with E-state index in [1.165, 1.54) is 4.90 Å². The standard InChI is InChI=1S/C16H15BrO2S/c17-15-9-5-4-8-13(15)14(16(18)19)10-11-20-12-6-2-1-3-7-12/h1-9,14H,10-11H2,(H,18,19). The largest absolute Gasteiger partial charge is 0.481 e. The molecule has 0 aliphatic heterocycles. The van der Waals surface area contributed by atoms with Crippen molar-refractivity contribution in [3.63, 3.8) is 0 Å². The fourth-order valence-electron chi connectivity index (χ4n) is 1.98. The Morgan fingerprint density at radius 2 is 1.75 bits per heavy atom. The van der Waals surface area contributed by atoms with Gasteiger partial charge < -0.3 is 5.11 Å². The van der Waals surface area contributed by atoms with Crippen LogP contribution in [0, 0.1) is 0 Å². The van der Waals surface area contributed by atoms with E-state index in [0.29, 0.717) is 6.42 Å². The van der Waals surface area contributed by atoms with Gasteiger partial charge in [0.1, 0.15) is 0 Å². The molecule has 2 nitrogen and oxygen atoms in total. The first kappa shape index (κ1) is 15.1. The third kappa shape index (κ3) is 4.12. The fourth-order valence-corrected chi connectivity index (χ4v) is 3.48. The van der Waals surface area contributed by atoms with Gasteiger partial charge in [0.2, 0.25) is 0 Å². The maximum absolute atomic E-state index is 11.5. The van der Waals surface area contributed by atoms with Gasteiger partial charge in [0.05, 0.1) is 5.92 Å². The Morgan fingerprint density at radius 3 is 2.40 bits per heavy atom. The Hall–Kier alpha value is -1.26. The molecule has 20 heavy (non-hydrogen) atoms. The van der Waals surface area contributed by atoms with Crippen LogP contribution in [0.2, 0.25) is 0 Å². The lowest BCUT2D eigenvalue weighted by Crippen LogP contribution is -2.13. The molecule has 0 aromatic heterocycles. The molecule has 0 radical (unpaired) electrons. The number of aliphatic carboxylic acids is 1. The number of thioether (sulfide) groups is 1. The molecule has 0 bridgehead atoms. The number of benzene rings is 2. The van der Waals surface area contributed by atoms with E-state index in [4.69, 9.17) is 0 Å². The topological polar surface area (TPSA) is 37.3 Å². The van der Waals surface area contributed by atoms with Crippen LogP contribution in [0.25, 0.3) is 0 Å². The second kappa shape index (κ2) is 7.50. The zero-order valence-corrected chi connectivity index (χ0v) is 13.2. The summed E-state index contributed by atoms with van der Waals surface area (Å²) < 4.78 is 0.858. The van der Waals surface area contributed by atoms with E-state index < -0.39 is 11.9 Å². The molecular weight excluding hydrogens is 336 g/mol. The van der Waals surface area contributed by atoms with Crippen LogP contribution in [0.15, 0.2) is 64.0 Å².